The van der Waals surface area contributed by atoms with Gasteiger partial charge in [0.15, 0.2) is 0 Å². The first-order valence-electron chi connectivity index (χ1n) is 23.4. The third-order valence-corrected chi connectivity index (χ3v) is 14.0. The van der Waals surface area contributed by atoms with Crippen molar-refractivity contribution in [3.05, 3.63) is 71.8 Å². The molecule has 11 amide bonds. The van der Waals surface area contributed by atoms with E-state index in [0.29, 0.717) is 36.9 Å². The van der Waals surface area contributed by atoms with Gasteiger partial charge < -0.3 is 70.8 Å². The van der Waals surface area contributed by atoms with Crippen molar-refractivity contribution in [1.29, 1.82) is 0 Å². The number of nitrogens with zero attached hydrogens (tertiary/aromatic N) is 1. The van der Waals surface area contributed by atoms with Crippen molar-refractivity contribution < 1.29 is 52.7 Å². The number of benzene rings is 2. The number of nitrogens with one attached hydrogen (secondary N) is 7. The Morgan fingerprint density at radius 2 is 1.21 bits per heavy atom. The van der Waals surface area contributed by atoms with Gasteiger partial charge in [-0.2, -0.15) is 0 Å². The Labute approximate surface area is 431 Å². The van der Waals surface area contributed by atoms with Gasteiger partial charge in [-0.15, -0.1) is 0 Å². The average molecular weight is 1060 g/mol. The number of likely N-dealkylation sites (tertiary alicyclic amines) is 1. The fourth-order valence-electron chi connectivity index (χ4n) is 7.77. The van der Waals surface area contributed by atoms with Crippen LogP contribution < -0.4 is 65.9 Å². The van der Waals surface area contributed by atoms with Gasteiger partial charge in [0.2, 0.25) is 65.0 Å². The van der Waals surface area contributed by atoms with Crippen LogP contribution in [0.4, 0.5) is 0 Å². The third kappa shape index (κ3) is 20.3. The second-order valence-corrected chi connectivity index (χ2v) is 19.8. The van der Waals surface area contributed by atoms with Crippen LogP contribution in [0.25, 0.3) is 0 Å². The second kappa shape index (κ2) is 31.0. The van der Waals surface area contributed by atoms with E-state index < -0.39 is 139 Å². The summed E-state index contributed by atoms with van der Waals surface area (Å²) >= 11 is 0. The van der Waals surface area contributed by atoms with Crippen LogP contribution in [-0.4, -0.2) is 149 Å². The molecule has 4 rings (SSSR count). The van der Waals surface area contributed by atoms with Crippen molar-refractivity contribution in [2.75, 3.05) is 31.1 Å². The first kappa shape index (κ1) is 60.5. The maximum atomic E-state index is 14.6. The minimum atomic E-state index is -1.76. The molecule has 17 N–H and O–H groups in total. The van der Waals surface area contributed by atoms with Crippen molar-refractivity contribution in [1.82, 2.24) is 42.1 Å². The summed E-state index contributed by atoms with van der Waals surface area (Å²) in [5.41, 5.74) is 29.4. The molecule has 73 heavy (non-hydrogen) atoms. The first-order valence-corrected chi connectivity index (χ1v) is 25.9. The zero-order chi connectivity index (χ0) is 52.7. The van der Waals surface area contributed by atoms with Gasteiger partial charge in [0, 0.05) is 37.3 Å². The second-order valence-electron chi connectivity index (χ2n) is 17.3. The summed E-state index contributed by atoms with van der Waals surface area (Å²) in [6, 6.07) is 6.36. The van der Waals surface area contributed by atoms with E-state index in [2.05, 4.69) is 37.2 Å². The highest BCUT2D eigenvalue weighted by Gasteiger charge is 2.40. The molecule has 2 aromatic rings. The summed E-state index contributed by atoms with van der Waals surface area (Å²) in [5, 5.41) is 18.0. The Hall–Kier alpha value is -6.77. The van der Waals surface area contributed by atoms with E-state index in [-0.39, 0.29) is 51.2 Å². The Kier molecular flexibility index (Phi) is 25.7. The number of primary amides is 3. The minimum Gasteiger partial charge on any atom is -0.370 e. The molecule has 0 saturated carbocycles. The summed E-state index contributed by atoms with van der Waals surface area (Å²) in [4.78, 5) is 149. The van der Waals surface area contributed by atoms with Gasteiger partial charge in [-0.3, -0.25) is 52.7 Å². The van der Waals surface area contributed by atoms with Crippen molar-refractivity contribution in [2.45, 2.75) is 120 Å². The van der Waals surface area contributed by atoms with Gasteiger partial charge >= 0.3 is 0 Å². The maximum absolute atomic E-state index is 14.6. The Balaban J connectivity index is 0.0000141. The molecule has 2 saturated heterocycles. The number of unbranched alkanes of at least 4 members (excludes halogenated alkanes) is 1. The van der Waals surface area contributed by atoms with E-state index in [0.717, 1.165) is 21.6 Å². The molecule has 400 valence electrons. The predicted molar refractivity (Wildman–Crippen MR) is 274 cm³/mol. The quantitative estimate of drug-likeness (QED) is 0.0482. The average Bonchev–Trinajstić information content (AvgIpc) is 3.84. The summed E-state index contributed by atoms with van der Waals surface area (Å²) in [5.74, 6) is -9.66. The SMILES string of the molecule is C.NCCCCC(NC(=O)C1CCCN1C(=O)C1CSSCC(N)C(=O)NC(Cc2ccccc2)C(=O)NC(Cc2ccccc2)C(=O)NC(CCC(N)=O)C(=O)NC(CC(N)=O)C(=O)N1)C(=O)NCC(N)=O. The van der Waals surface area contributed by atoms with E-state index in [4.69, 9.17) is 28.7 Å². The zero-order valence-corrected chi connectivity index (χ0v) is 41.3. The van der Waals surface area contributed by atoms with Gasteiger partial charge in [0.05, 0.1) is 19.0 Å². The normalized spacial score (nSPS) is 22.8. The number of carbonyl (C=O) groups excluding carboxylic acids is 11. The molecule has 0 aliphatic carbocycles. The molecule has 0 radical (unpaired) electrons. The van der Waals surface area contributed by atoms with Crippen molar-refractivity contribution >= 4 is 86.6 Å². The van der Waals surface area contributed by atoms with Gasteiger partial charge in [0.25, 0.3) is 0 Å². The molecule has 0 spiro atoms. The van der Waals surface area contributed by atoms with Gasteiger partial charge in [0.1, 0.15) is 42.3 Å². The van der Waals surface area contributed by atoms with Crippen LogP contribution in [0.15, 0.2) is 60.7 Å². The molecule has 2 aliphatic heterocycles. The fourth-order valence-corrected chi connectivity index (χ4v) is 10.0. The zero-order valence-electron chi connectivity index (χ0n) is 39.6. The van der Waals surface area contributed by atoms with Crippen molar-refractivity contribution in [3.8, 4) is 0 Å². The molecular weight excluding hydrogens is 987 g/mol. The lowest BCUT2D eigenvalue weighted by atomic mass is 10.0. The van der Waals surface area contributed by atoms with E-state index in [1.165, 1.54) is 4.90 Å². The van der Waals surface area contributed by atoms with Gasteiger partial charge in [-0.25, -0.2) is 0 Å². The van der Waals surface area contributed by atoms with Crippen molar-refractivity contribution in [3.63, 3.8) is 0 Å². The lowest BCUT2D eigenvalue weighted by molar-refractivity contribution is -0.142. The molecule has 2 fully saturated rings. The van der Waals surface area contributed by atoms with Crippen LogP contribution >= 0.6 is 21.6 Å². The van der Waals surface area contributed by atoms with E-state index in [9.17, 15) is 52.7 Å². The van der Waals surface area contributed by atoms with E-state index >= 15 is 0 Å². The minimum absolute atomic E-state index is 0. The summed E-state index contributed by atoms with van der Waals surface area (Å²) in [7, 11) is 2.07. The van der Waals surface area contributed by atoms with Crippen LogP contribution in [0.5, 0.6) is 0 Å². The molecule has 8 atom stereocenters. The highest BCUT2D eigenvalue weighted by Crippen LogP contribution is 2.26. The van der Waals surface area contributed by atoms with Crippen LogP contribution in [-0.2, 0) is 65.6 Å². The van der Waals surface area contributed by atoms with Crippen LogP contribution in [0, 0.1) is 0 Å². The number of nitrogens with two attached hydrogens (primary N) is 5. The van der Waals surface area contributed by atoms with E-state index in [1.54, 1.807) is 60.7 Å². The Morgan fingerprint density at radius 1 is 0.671 bits per heavy atom. The number of carbonyl (C=O) groups is 11. The lowest BCUT2D eigenvalue weighted by Crippen LogP contribution is -2.61. The first-order chi connectivity index (χ1) is 34.4. The van der Waals surface area contributed by atoms with E-state index in [1.807, 2.05) is 0 Å². The van der Waals surface area contributed by atoms with Gasteiger partial charge in [-0.1, -0.05) is 89.7 Å². The van der Waals surface area contributed by atoms with Crippen molar-refractivity contribution in [2.24, 2.45) is 28.7 Å². The summed E-state index contributed by atoms with van der Waals surface area (Å²) in [6.45, 7) is -0.121. The number of hydrogen-bond acceptors (Lipinski definition) is 15. The summed E-state index contributed by atoms with van der Waals surface area (Å²) in [6.07, 6.45) is -0.141. The Morgan fingerprint density at radius 3 is 1.77 bits per heavy atom. The molecule has 0 aromatic heterocycles. The lowest BCUT2D eigenvalue weighted by Gasteiger charge is -2.31. The van der Waals surface area contributed by atoms with Crippen LogP contribution in [0.3, 0.4) is 0 Å². The molecule has 2 heterocycles. The molecule has 8 unspecified atom stereocenters. The highest BCUT2D eigenvalue weighted by molar-refractivity contribution is 8.76. The molecule has 2 aromatic carbocycles. The standard InChI is InChI=1S/C46H65N13O11S2.CH4/c47-18-8-7-14-29(40(64)52-23-38(51)62)54-45(69)35-15-9-19-59(35)46(70)34-25-72-71-24-28(48)39(63)55-31(20-26-10-3-1-4-11-26)43(67)56-32(21-27-12-5-2-6-13-27)42(66)53-30(16-17-36(49)60)41(65)57-33(22-37(50)61)44(68)58-34;/h1-6,10-13,28-35H,7-9,14-25,47-48H2,(H2,49,60)(H2,50,61)(H2,51,62)(H,52,64)(H,53,66)(H,54,69)(H,55,63)(H,56,67)(H,57,65)(H,58,68);1H4. The fraction of sp³-hybridized carbons (Fsp3) is 0.511. The largest absolute Gasteiger partial charge is 0.370 e. The highest BCUT2D eigenvalue weighted by atomic mass is 33.1. The Bertz CT molecular complexity index is 2250. The van der Waals surface area contributed by atoms with Crippen LogP contribution in [0.2, 0.25) is 0 Å². The smallest absolute Gasteiger partial charge is 0.246 e. The number of amides is 11. The summed E-state index contributed by atoms with van der Waals surface area (Å²) < 4.78 is 0. The predicted octanol–water partition coefficient (Wildman–Crippen LogP) is -3.40. The van der Waals surface area contributed by atoms with Crippen LogP contribution in [0.1, 0.15) is 69.9 Å². The molecule has 26 heteroatoms. The third-order valence-electron chi connectivity index (χ3n) is 11.6. The molecule has 2 aliphatic rings. The molecule has 0 bridgehead atoms. The van der Waals surface area contributed by atoms with Gasteiger partial charge in [-0.05, 0) is 56.2 Å². The monoisotopic (exact) mass is 1060 g/mol. The molecule has 24 nitrogen and oxygen atoms in total. The molecular formula is C47H69N13O11S2. The topological polar surface area (TPSA) is 405 Å². The maximum Gasteiger partial charge on any atom is 0.246 e. The number of rotatable bonds is 19. The number of hydrogen-bond donors (Lipinski definition) is 12.